The Balaban J connectivity index is 1.56. The van der Waals surface area contributed by atoms with Gasteiger partial charge in [-0.25, -0.2) is 0 Å². The second kappa shape index (κ2) is 7.11. The average molecular weight is 303 g/mol. The molecule has 2 atom stereocenters. The third kappa shape index (κ3) is 3.59. The molecule has 0 aliphatic carbocycles. The Morgan fingerprint density at radius 1 is 1.36 bits per heavy atom. The zero-order valence-electron chi connectivity index (χ0n) is 13.2. The number of benzene rings is 1. The second-order valence-corrected chi connectivity index (χ2v) is 6.16. The summed E-state index contributed by atoms with van der Waals surface area (Å²) in [6.45, 7) is 3.11. The Kier molecular flexibility index (Phi) is 4.95. The van der Waals surface area contributed by atoms with Gasteiger partial charge in [0, 0.05) is 24.6 Å². The Hall–Kier alpha value is -1.59. The van der Waals surface area contributed by atoms with Crippen molar-refractivity contribution in [2.24, 2.45) is 0 Å². The fraction of sp³-hybridized carbons (Fsp3) is 0.588. The maximum absolute atomic E-state index is 12.4. The molecule has 0 radical (unpaired) electrons. The Morgan fingerprint density at radius 3 is 3.09 bits per heavy atom. The number of likely N-dealkylation sites (N-methyl/N-ethyl adjacent to an activating group) is 1. The van der Waals surface area contributed by atoms with E-state index in [1.54, 1.807) is 0 Å². The molecule has 2 unspecified atom stereocenters. The van der Waals surface area contributed by atoms with E-state index in [9.17, 15) is 4.79 Å². The summed E-state index contributed by atoms with van der Waals surface area (Å²) in [6, 6.07) is 8.55. The molecular formula is C17H25N3O2. The van der Waals surface area contributed by atoms with E-state index in [2.05, 4.69) is 15.5 Å². The first kappa shape index (κ1) is 15.3. The van der Waals surface area contributed by atoms with E-state index in [4.69, 9.17) is 4.74 Å². The molecule has 120 valence electrons. The predicted molar refractivity (Wildman–Crippen MR) is 86.0 cm³/mol. The van der Waals surface area contributed by atoms with Crippen LogP contribution in [0.4, 0.5) is 0 Å². The van der Waals surface area contributed by atoms with Crippen molar-refractivity contribution < 1.29 is 9.53 Å². The van der Waals surface area contributed by atoms with Gasteiger partial charge in [0.25, 0.3) is 0 Å². The van der Waals surface area contributed by atoms with Crippen molar-refractivity contribution >= 4 is 5.91 Å². The number of hydrogen-bond donors (Lipinski definition) is 2. The number of hydrogen-bond acceptors (Lipinski definition) is 4. The predicted octanol–water partition coefficient (Wildman–Crippen LogP) is 1.31. The van der Waals surface area contributed by atoms with Gasteiger partial charge in [-0.15, -0.1) is 0 Å². The maximum Gasteiger partial charge on any atom is 0.234 e. The van der Waals surface area contributed by atoms with Crippen LogP contribution in [0.5, 0.6) is 5.75 Å². The molecule has 1 fully saturated rings. The zero-order valence-corrected chi connectivity index (χ0v) is 13.2. The van der Waals surface area contributed by atoms with Crippen LogP contribution in [0.1, 0.15) is 30.9 Å². The molecule has 3 rings (SSSR count). The van der Waals surface area contributed by atoms with Gasteiger partial charge in [0.15, 0.2) is 0 Å². The Morgan fingerprint density at radius 2 is 2.23 bits per heavy atom. The molecule has 2 heterocycles. The van der Waals surface area contributed by atoms with Crippen molar-refractivity contribution in [2.75, 3.05) is 33.3 Å². The molecule has 0 aromatic heterocycles. The van der Waals surface area contributed by atoms with Crippen LogP contribution in [0.3, 0.4) is 0 Å². The molecule has 1 amide bonds. The molecule has 1 saturated heterocycles. The lowest BCUT2D eigenvalue weighted by atomic mass is 10.0. The normalized spacial score (nSPS) is 25.1. The van der Waals surface area contributed by atoms with E-state index >= 15 is 0 Å². The highest BCUT2D eigenvalue weighted by Crippen LogP contribution is 2.31. The topological polar surface area (TPSA) is 53.6 Å². The summed E-state index contributed by atoms with van der Waals surface area (Å²) in [4.78, 5) is 14.6. The van der Waals surface area contributed by atoms with Gasteiger partial charge in [0.2, 0.25) is 5.91 Å². The van der Waals surface area contributed by atoms with Crippen molar-refractivity contribution in [3.05, 3.63) is 29.8 Å². The van der Waals surface area contributed by atoms with E-state index in [0.717, 1.165) is 37.2 Å². The number of likely N-dealkylation sites (tertiary alicyclic amines) is 1. The molecule has 1 aromatic rings. The molecule has 0 saturated carbocycles. The van der Waals surface area contributed by atoms with Crippen LogP contribution in [0.2, 0.25) is 0 Å². The number of carbonyl (C=O) groups excluding carboxylic acids is 1. The third-order valence-electron chi connectivity index (χ3n) is 4.57. The largest absolute Gasteiger partial charge is 0.493 e. The summed E-state index contributed by atoms with van der Waals surface area (Å²) in [5, 5.41) is 6.49. The van der Waals surface area contributed by atoms with Crippen LogP contribution >= 0.6 is 0 Å². The summed E-state index contributed by atoms with van der Waals surface area (Å²) < 4.78 is 5.64. The maximum atomic E-state index is 12.4. The van der Waals surface area contributed by atoms with Crippen LogP contribution < -0.4 is 15.4 Å². The molecular weight excluding hydrogens is 278 g/mol. The second-order valence-electron chi connectivity index (χ2n) is 6.16. The summed E-state index contributed by atoms with van der Waals surface area (Å²) in [5.74, 6) is 1.01. The smallest absolute Gasteiger partial charge is 0.234 e. The van der Waals surface area contributed by atoms with Crippen molar-refractivity contribution in [1.82, 2.24) is 15.5 Å². The molecule has 2 aliphatic heterocycles. The van der Waals surface area contributed by atoms with Gasteiger partial charge >= 0.3 is 0 Å². The van der Waals surface area contributed by atoms with Crippen LogP contribution in [0.15, 0.2) is 24.3 Å². The number of ether oxygens (including phenoxy) is 1. The van der Waals surface area contributed by atoms with Crippen LogP contribution in [-0.4, -0.2) is 50.1 Å². The molecule has 5 nitrogen and oxygen atoms in total. The number of nitrogens with zero attached hydrogens (tertiary/aromatic N) is 1. The van der Waals surface area contributed by atoms with E-state index < -0.39 is 0 Å². The monoisotopic (exact) mass is 303 g/mol. The number of amides is 1. The quantitative estimate of drug-likeness (QED) is 0.880. The van der Waals surface area contributed by atoms with E-state index in [1.165, 1.54) is 6.42 Å². The highest BCUT2D eigenvalue weighted by atomic mass is 16.5. The van der Waals surface area contributed by atoms with E-state index in [0.29, 0.717) is 19.2 Å². The first-order chi connectivity index (χ1) is 10.8. The SMILES string of the molecule is CNC1CCCN(CC(=O)NC2CCOc3ccccc32)C1. The van der Waals surface area contributed by atoms with Gasteiger partial charge in [0.1, 0.15) is 5.75 Å². The molecule has 0 bridgehead atoms. The number of para-hydroxylation sites is 1. The van der Waals surface area contributed by atoms with E-state index in [1.807, 2.05) is 31.3 Å². The Bertz CT molecular complexity index is 520. The fourth-order valence-electron chi connectivity index (χ4n) is 3.37. The summed E-state index contributed by atoms with van der Waals surface area (Å²) in [6.07, 6.45) is 3.18. The van der Waals surface area contributed by atoms with Crippen LogP contribution in [-0.2, 0) is 4.79 Å². The minimum absolute atomic E-state index is 0.0716. The molecule has 0 spiro atoms. The molecule has 1 aromatic carbocycles. The molecule has 2 N–H and O–H groups in total. The lowest BCUT2D eigenvalue weighted by Crippen LogP contribution is -2.48. The summed E-state index contributed by atoms with van der Waals surface area (Å²) >= 11 is 0. The first-order valence-corrected chi connectivity index (χ1v) is 8.17. The van der Waals surface area contributed by atoms with Gasteiger partial charge in [-0.2, -0.15) is 0 Å². The minimum atomic E-state index is 0.0716. The minimum Gasteiger partial charge on any atom is -0.493 e. The van der Waals surface area contributed by atoms with Crippen molar-refractivity contribution in [2.45, 2.75) is 31.3 Å². The molecule has 5 heteroatoms. The number of nitrogens with one attached hydrogen (secondary N) is 2. The fourth-order valence-corrected chi connectivity index (χ4v) is 3.37. The third-order valence-corrected chi connectivity index (χ3v) is 4.57. The van der Waals surface area contributed by atoms with Crippen LogP contribution in [0, 0.1) is 0 Å². The summed E-state index contributed by atoms with van der Waals surface area (Å²) in [7, 11) is 1.99. The molecule has 22 heavy (non-hydrogen) atoms. The first-order valence-electron chi connectivity index (χ1n) is 8.17. The lowest BCUT2D eigenvalue weighted by molar-refractivity contribution is -0.123. The number of rotatable bonds is 4. The number of fused-ring (bicyclic) bond motifs is 1. The van der Waals surface area contributed by atoms with Gasteiger partial charge in [0.05, 0.1) is 19.2 Å². The van der Waals surface area contributed by atoms with Gasteiger partial charge in [-0.3, -0.25) is 9.69 Å². The van der Waals surface area contributed by atoms with Gasteiger partial charge < -0.3 is 15.4 Å². The average Bonchev–Trinajstić information content (AvgIpc) is 2.55. The van der Waals surface area contributed by atoms with Crippen molar-refractivity contribution in [1.29, 1.82) is 0 Å². The summed E-state index contributed by atoms with van der Waals surface area (Å²) in [5.41, 5.74) is 1.09. The highest BCUT2D eigenvalue weighted by Gasteiger charge is 2.25. The van der Waals surface area contributed by atoms with Crippen LogP contribution in [0.25, 0.3) is 0 Å². The Labute approximate surface area is 132 Å². The standard InChI is InChI=1S/C17H25N3O2/c1-18-13-5-4-9-20(11-13)12-17(21)19-15-8-10-22-16-7-3-2-6-14(15)16/h2-3,6-7,13,15,18H,4-5,8-12H2,1H3,(H,19,21). The lowest BCUT2D eigenvalue weighted by Gasteiger charge is -2.33. The highest BCUT2D eigenvalue weighted by molar-refractivity contribution is 5.78. The van der Waals surface area contributed by atoms with Crippen molar-refractivity contribution in [3.8, 4) is 5.75 Å². The molecule has 2 aliphatic rings. The van der Waals surface area contributed by atoms with Gasteiger partial charge in [-0.1, -0.05) is 18.2 Å². The van der Waals surface area contributed by atoms with Crippen molar-refractivity contribution in [3.63, 3.8) is 0 Å². The number of carbonyl (C=O) groups is 1. The van der Waals surface area contributed by atoms with E-state index in [-0.39, 0.29) is 11.9 Å². The zero-order chi connectivity index (χ0) is 15.4. The number of piperidine rings is 1. The van der Waals surface area contributed by atoms with Gasteiger partial charge in [-0.05, 0) is 32.5 Å².